The number of amides is 1. The molecule has 0 radical (unpaired) electrons. The molecule has 1 saturated heterocycles. The number of hydrogen-bond acceptors (Lipinski definition) is 5. The fourth-order valence-electron chi connectivity index (χ4n) is 3.03. The van der Waals surface area contributed by atoms with E-state index in [2.05, 4.69) is 9.88 Å². The largest absolute Gasteiger partial charge is 0.463 e. The van der Waals surface area contributed by atoms with Crippen LogP contribution in [-0.4, -0.2) is 64.6 Å². The molecule has 1 N–H and O–H groups in total. The maximum Gasteiger partial charge on any atom is 0.255 e. The van der Waals surface area contributed by atoms with Crippen molar-refractivity contribution in [2.45, 2.75) is 20.0 Å². The molecular weight excluding hydrogens is 306 g/mol. The molecule has 3 heterocycles. The van der Waals surface area contributed by atoms with Crippen LogP contribution in [0.3, 0.4) is 0 Å². The molecule has 0 aromatic carbocycles. The minimum absolute atomic E-state index is 0.0164. The highest BCUT2D eigenvalue weighted by Gasteiger charge is 2.24. The third-order valence-corrected chi connectivity index (χ3v) is 4.27. The summed E-state index contributed by atoms with van der Waals surface area (Å²) in [4.78, 5) is 21.3. The summed E-state index contributed by atoms with van der Waals surface area (Å²) in [5.41, 5.74) is 2.07. The first-order valence-corrected chi connectivity index (χ1v) is 8.26. The molecule has 1 atom stereocenters. The number of furan rings is 1. The molecule has 1 aliphatic rings. The number of carbonyl (C=O) groups excluding carboxylic acids is 1. The second-order valence-electron chi connectivity index (χ2n) is 6.25. The molecule has 6 nitrogen and oxygen atoms in total. The van der Waals surface area contributed by atoms with Gasteiger partial charge in [-0.3, -0.25) is 9.69 Å². The summed E-state index contributed by atoms with van der Waals surface area (Å²) in [5, 5.41) is 9.46. The number of aliphatic hydroxyl groups excluding tert-OH is 1. The summed E-state index contributed by atoms with van der Waals surface area (Å²) in [6.45, 7) is 7.20. The summed E-state index contributed by atoms with van der Waals surface area (Å²) in [5.74, 6) is 0.714. The highest BCUT2D eigenvalue weighted by molar-refractivity contribution is 5.95. The van der Waals surface area contributed by atoms with Crippen LogP contribution in [0.25, 0.3) is 11.5 Å². The van der Waals surface area contributed by atoms with E-state index in [1.54, 1.807) is 13.2 Å². The number of aliphatic hydroxyl groups is 1. The van der Waals surface area contributed by atoms with E-state index < -0.39 is 0 Å². The van der Waals surface area contributed by atoms with E-state index in [1.165, 1.54) is 0 Å². The van der Waals surface area contributed by atoms with Gasteiger partial charge in [0.15, 0.2) is 5.76 Å². The van der Waals surface area contributed by atoms with Crippen molar-refractivity contribution in [2.75, 3.05) is 32.7 Å². The van der Waals surface area contributed by atoms with Crippen molar-refractivity contribution in [3.63, 3.8) is 0 Å². The third kappa shape index (κ3) is 3.66. The Labute approximate surface area is 141 Å². The molecule has 3 rings (SSSR count). The smallest absolute Gasteiger partial charge is 0.255 e. The lowest BCUT2D eigenvalue weighted by atomic mass is 10.1. The van der Waals surface area contributed by atoms with Crippen LogP contribution in [0.1, 0.15) is 23.0 Å². The summed E-state index contributed by atoms with van der Waals surface area (Å²) in [6.07, 6.45) is 1.27. The zero-order valence-corrected chi connectivity index (χ0v) is 14.1. The summed E-state index contributed by atoms with van der Waals surface area (Å²) < 4.78 is 5.35. The molecular formula is C18H23N3O3. The summed E-state index contributed by atoms with van der Waals surface area (Å²) in [6, 6.07) is 7.32. The molecule has 0 aliphatic carbocycles. The first-order valence-electron chi connectivity index (χ1n) is 8.26. The van der Waals surface area contributed by atoms with Gasteiger partial charge in [0.25, 0.3) is 5.91 Å². The van der Waals surface area contributed by atoms with Gasteiger partial charge < -0.3 is 14.4 Å². The van der Waals surface area contributed by atoms with Gasteiger partial charge in [-0.1, -0.05) is 0 Å². The predicted molar refractivity (Wildman–Crippen MR) is 90.7 cm³/mol. The predicted octanol–water partition coefficient (Wildman–Crippen LogP) is 1.79. The Hall–Kier alpha value is -2.18. The van der Waals surface area contributed by atoms with Crippen LogP contribution in [-0.2, 0) is 0 Å². The summed E-state index contributed by atoms with van der Waals surface area (Å²) in [7, 11) is 0. The molecule has 128 valence electrons. The van der Waals surface area contributed by atoms with Gasteiger partial charge in [-0.15, -0.1) is 0 Å². The molecule has 1 fully saturated rings. The average Bonchev–Trinajstić information content (AvgIpc) is 3.09. The van der Waals surface area contributed by atoms with E-state index in [9.17, 15) is 9.90 Å². The molecule has 1 aliphatic heterocycles. The zero-order valence-electron chi connectivity index (χ0n) is 14.1. The maximum atomic E-state index is 12.7. The van der Waals surface area contributed by atoms with Gasteiger partial charge in [-0.2, -0.15) is 0 Å². The first kappa shape index (κ1) is 16.7. The van der Waals surface area contributed by atoms with Crippen molar-refractivity contribution in [3.8, 4) is 11.5 Å². The normalized spacial score (nSPS) is 17.0. The molecule has 2 aromatic heterocycles. The Morgan fingerprint density at radius 2 is 2.04 bits per heavy atom. The second kappa shape index (κ2) is 7.15. The number of hydrogen-bond donors (Lipinski definition) is 1. The van der Waals surface area contributed by atoms with Gasteiger partial charge in [0.2, 0.25) is 0 Å². The maximum absolute atomic E-state index is 12.7. The number of pyridine rings is 1. The lowest BCUT2D eigenvalue weighted by molar-refractivity contribution is 0.0553. The fourth-order valence-corrected chi connectivity index (χ4v) is 3.03. The van der Waals surface area contributed by atoms with Gasteiger partial charge in [0, 0.05) is 32.7 Å². The van der Waals surface area contributed by atoms with Crippen molar-refractivity contribution in [1.82, 2.24) is 14.8 Å². The van der Waals surface area contributed by atoms with Crippen molar-refractivity contribution >= 4 is 5.91 Å². The Morgan fingerprint density at radius 3 is 2.62 bits per heavy atom. The number of nitrogens with zero attached hydrogens (tertiary/aromatic N) is 3. The summed E-state index contributed by atoms with van der Waals surface area (Å²) >= 11 is 0. The molecule has 0 spiro atoms. The van der Waals surface area contributed by atoms with Crippen molar-refractivity contribution in [3.05, 3.63) is 41.8 Å². The van der Waals surface area contributed by atoms with Gasteiger partial charge in [-0.05, 0) is 38.1 Å². The standard InChI is InChI=1S/C18H23N3O3/c1-13(22)12-20-7-9-21(10-8-20)18(23)15-5-6-16(19-14(15)2)17-4-3-11-24-17/h3-6,11,13,22H,7-10,12H2,1-2H3/t13-/m1/s1. The minimum Gasteiger partial charge on any atom is -0.463 e. The average molecular weight is 329 g/mol. The Bertz CT molecular complexity index is 690. The number of β-amino-alcohol motifs (C(OH)–C–C–N with tert-alkyl or cyclic N) is 1. The van der Waals surface area contributed by atoms with Crippen molar-refractivity contribution < 1.29 is 14.3 Å². The number of aromatic nitrogens is 1. The van der Waals surface area contributed by atoms with E-state index in [0.717, 1.165) is 18.8 Å². The molecule has 1 amide bonds. The van der Waals surface area contributed by atoms with Crippen LogP contribution in [0.5, 0.6) is 0 Å². The van der Waals surface area contributed by atoms with Crippen LogP contribution in [0.2, 0.25) is 0 Å². The zero-order chi connectivity index (χ0) is 17.1. The number of piperazine rings is 1. The minimum atomic E-state index is -0.340. The van der Waals surface area contributed by atoms with Crippen molar-refractivity contribution in [2.24, 2.45) is 0 Å². The van der Waals surface area contributed by atoms with Gasteiger partial charge >= 0.3 is 0 Å². The number of carbonyl (C=O) groups is 1. The topological polar surface area (TPSA) is 69.8 Å². The van der Waals surface area contributed by atoms with E-state index in [4.69, 9.17) is 4.42 Å². The molecule has 24 heavy (non-hydrogen) atoms. The SMILES string of the molecule is Cc1nc(-c2ccco2)ccc1C(=O)N1CCN(C[C@@H](C)O)CC1. The second-order valence-corrected chi connectivity index (χ2v) is 6.25. The van der Waals surface area contributed by atoms with Crippen LogP contribution < -0.4 is 0 Å². The molecule has 0 unspecified atom stereocenters. The van der Waals surface area contributed by atoms with Crippen LogP contribution in [0, 0.1) is 6.92 Å². The lowest BCUT2D eigenvalue weighted by Gasteiger charge is -2.35. The van der Waals surface area contributed by atoms with Gasteiger partial charge in [-0.25, -0.2) is 4.98 Å². The Balaban J connectivity index is 1.67. The fraction of sp³-hybridized carbons (Fsp3) is 0.444. The van der Waals surface area contributed by atoms with E-state index >= 15 is 0 Å². The number of rotatable bonds is 4. The number of aryl methyl sites for hydroxylation is 1. The Kier molecular flexibility index (Phi) is 4.97. The molecule has 0 saturated carbocycles. The highest BCUT2D eigenvalue weighted by Crippen LogP contribution is 2.20. The van der Waals surface area contributed by atoms with Gasteiger partial charge in [0.1, 0.15) is 5.69 Å². The van der Waals surface area contributed by atoms with E-state index in [0.29, 0.717) is 36.7 Å². The van der Waals surface area contributed by atoms with E-state index in [-0.39, 0.29) is 12.0 Å². The van der Waals surface area contributed by atoms with Crippen LogP contribution in [0.4, 0.5) is 0 Å². The third-order valence-electron chi connectivity index (χ3n) is 4.27. The quantitative estimate of drug-likeness (QED) is 0.926. The first-order chi connectivity index (χ1) is 11.5. The highest BCUT2D eigenvalue weighted by atomic mass is 16.3. The molecule has 2 aromatic rings. The lowest BCUT2D eigenvalue weighted by Crippen LogP contribution is -2.50. The van der Waals surface area contributed by atoms with Gasteiger partial charge in [0.05, 0.1) is 23.6 Å². The van der Waals surface area contributed by atoms with E-state index in [1.807, 2.05) is 36.1 Å². The Morgan fingerprint density at radius 1 is 1.29 bits per heavy atom. The monoisotopic (exact) mass is 329 g/mol. The van der Waals surface area contributed by atoms with Crippen LogP contribution >= 0.6 is 0 Å². The van der Waals surface area contributed by atoms with Crippen LogP contribution in [0.15, 0.2) is 34.9 Å². The molecule has 0 bridgehead atoms. The van der Waals surface area contributed by atoms with Crippen molar-refractivity contribution in [1.29, 1.82) is 0 Å². The molecule has 6 heteroatoms.